The molecule has 232 valence electrons. The van der Waals surface area contributed by atoms with E-state index >= 15 is 0 Å². The zero-order valence-corrected chi connectivity index (χ0v) is 27.9. The molecule has 43 heavy (non-hydrogen) atoms. The molecule has 9 heteroatoms. The van der Waals surface area contributed by atoms with Gasteiger partial charge in [-0.3, -0.25) is 0 Å². The number of hydrogen-bond donors (Lipinski definition) is 1. The van der Waals surface area contributed by atoms with Gasteiger partial charge in [-0.05, 0) is 61.0 Å². The summed E-state index contributed by atoms with van der Waals surface area (Å²) in [6.07, 6.45) is -0.649. The molecule has 0 bridgehead atoms. The van der Waals surface area contributed by atoms with Crippen molar-refractivity contribution >= 4 is 34.8 Å². The average Bonchev–Trinajstić information content (AvgIpc) is 3.75. The van der Waals surface area contributed by atoms with Gasteiger partial charge >= 0.3 is 6.09 Å². The Morgan fingerprint density at radius 1 is 0.837 bits per heavy atom. The molecule has 7 nitrogen and oxygen atoms in total. The largest absolute Gasteiger partial charge is 0.443 e. The highest BCUT2D eigenvalue weighted by molar-refractivity contribution is 7.91. The second-order valence-electron chi connectivity index (χ2n) is 13.3. The van der Waals surface area contributed by atoms with Gasteiger partial charge in [0.05, 0.1) is 12.7 Å². The molecule has 1 aliphatic carbocycles. The van der Waals surface area contributed by atoms with Crippen molar-refractivity contribution in [3.05, 3.63) is 96.6 Å². The van der Waals surface area contributed by atoms with Crippen LogP contribution in [0.25, 0.3) is 0 Å². The van der Waals surface area contributed by atoms with Crippen LogP contribution < -0.4 is 15.1 Å². The molecule has 1 saturated carbocycles. The van der Waals surface area contributed by atoms with Gasteiger partial charge in [0, 0.05) is 6.61 Å². The van der Waals surface area contributed by atoms with Crippen LogP contribution in [0.1, 0.15) is 66.4 Å². The zero-order valence-electron chi connectivity index (χ0n) is 26.1. The predicted octanol–water partition coefficient (Wildman–Crippen LogP) is 5.93. The highest BCUT2D eigenvalue weighted by Gasteiger charge is 2.64. The number of carbonyl (C=O) groups is 1. The van der Waals surface area contributed by atoms with Crippen molar-refractivity contribution < 1.29 is 27.1 Å². The molecule has 4 rings (SSSR count). The first kappa shape index (κ1) is 32.9. The fraction of sp³-hybridized carbons (Fsp3) is 0.441. The van der Waals surface area contributed by atoms with Gasteiger partial charge in [-0.2, -0.15) is 0 Å². The number of hydrogen-bond acceptors (Lipinski definition) is 6. The maximum absolute atomic E-state index is 14.0. The van der Waals surface area contributed by atoms with Crippen molar-refractivity contribution in [3.63, 3.8) is 0 Å². The minimum atomic E-state index is -4.17. The van der Waals surface area contributed by atoms with Crippen LogP contribution in [0, 0.1) is 0 Å². The molecule has 1 amide bonds. The molecule has 1 atom stereocenters. The fourth-order valence-corrected chi connectivity index (χ4v) is 12.2. The third-order valence-corrected chi connectivity index (χ3v) is 15.1. The van der Waals surface area contributed by atoms with Crippen LogP contribution in [0.4, 0.5) is 4.79 Å². The molecule has 0 heterocycles. The Labute approximate surface area is 258 Å². The molecule has 3 aromatic rings. The Hall–Kier alpha value is -2.98. The molecule has 0 radical (unpaired) electrons. The van der Waals surface area contributed by atoms with Crippen LogP contribution in [0.2, 0.25) is 5.04 Å². The smallest absolute Gasteiger partial charge is 0.421 e. The van der Waals surface area contributed by atoms with E-state index < -0.39 is 40.9 Å². The monoisotopic (exact) mass is 623 g/mol. The number of sulfonamides is 1. The van der Waals surface area contributed by atoms with Gasteiger partial charge in [-0.1, -0.05) is 112 Å². The SMILES string of the molecule is CC(C)(C)OC(=O)NS(=O)(=O)C1(C(CCOCc2ccccc2)O[Si](c2ccccc2)(c2ccccc2)C(C)(C)C)CC1. The van der Waals surface area contributed by atoms with Crippen LogP contribution in [0.15, 0.2) is 91.0 Å². The lowest BCUT2D eigenvalue weighted by atomic mass is 10.1. The lowest BCUT2D eigenvalue weighted by Crippen LogP contribution is -2.69. The highest BCUT2D eigenvalue weighted by atomic mass is 32.2. The summed E-state index contributed by atoms with van der Waals surface area (Å²) >= 11 is 0. The summed E-state index contributed by atoms with van der Waals surface area (Å²) in [5.74, 6) is 0. The standard InChI is InChI=1S/C34H45NO6SSi/c1-32(2,3)40-31(36)35-42(37,38)34(23-24-34)30(22-25-39-26-27-16-10-7-11-17-27)41-43(33(4,5)6,28-18-12-8-13-19-28)29-20-14-9-15-21-29/h7-21,30H,22-26H2,1-6H3,(H,35,36). The third-order valence-electron chi connectivity index (χ3n) is 7.85. The van der Waals surface area contributed by atoms with E-state index in [0.29, 0.717) is 32.5 Å². The van der Waals surface area contributed by atoms with Gasteiger partial charge in [0.1, 0.15) is 10.3 Å². The molecule has 3 aromatic carbocycles. The maximum Gasteiger partial charge on any atom is 0.421 e. The summed E-state index contributed by atoms with van der Waals surface area (Å²) in [6, 6.07) is 30.2. The van der Waals surface area contributed by atoms with Crippen molar-refractivity contribution in [3.8, 4) is 0 Å². The number of benzene rings is 3. The number of nitrogens with one attached hydrogen (secondary N) is 1. The van der Waals surface area contributed by atoms with E-state index in [0.717, 1.165) is 15.9 Å². The molecular weight excluding hydrogens is 579 g/mol. The minimum absolute atomic E-state index is 0.293. The molecule has 1 unspecified atom stereocenters. The average molecular weight is 624 g/mol. The number of carbonyl (C=O) groups excluding carboxylic acids is 1. The zero-order chi connectivity index (χ0) is 31.4. The van der Waals surface area contributed by atoms with E-state index in [1.807, 2.05) is 66.7 Å². The van der Waals surface area contributed by atoms with E-state index in [1.165, 1.54) is 0 Å². The van der Waals surface area contributed by atoms with Crippen molar-refractivity contribution in [2.24, 2.45) is 0 Å². The van der Waals surface area contributed by atoms with Crippen molar-refractivity contribution in [1.82, 2.24) is 4.72 Å². The predicted molar refractivity (Wildman–Crippen MR) is 173 cm³/mol. The summed E-state index contributed by atoms with van der Waals surface area (Å²) in [7, 11) is -7.30. The van der Waals surface area contributed by atoms with Crippen LogP contribution in [-0.4, -0.2) is 45.9 Å². The lowest BCUT2D eigenvalue weighted by Gasteiger charge is -2.46. The maximum atomic E-state index is 14.0. The number of rotatable bonds is 12. The van der Waals surface area contributed by atoms with E-state index in [4.69, 9.17) is 13.9 Å². The van der Waals surface area contributed by atoms with Crippen LogP contribution in [-0.2, 0) is 30.5 Å². The topological polar surface area (TPSA) is 90.9 Å². The van der Waals surface area contributed by atoms with E-state index in [9.17, 15) is 13.2 Å². The molecule has 0 aromatic heterocycles. The molecule has 1 aliphatic rings. The molecule has 1 N–H and O–H groups in total. The Morgan fingerprint density at radius 3 is 1.77 bits per heavy atom. The summed E-state index contributed by atoms with van der Waals surface area (Å²) in [5, 5.41) is 1.74. The van der Waals surface area contributed by atoms with Crippen LogP contribution in [0.3, 0.4) is 0 Å². The van der Waals surface area contributed by atoms with Crippen LogP contribution >= 0.6 is 0 Å². The van der Waals surface area contributed by atoms with Crippen molar-refractivity contribution in [1.29, 1.82) is 0 Å². The van der Waals surface area contributed by atoms with Crippen molar-refractivity contribution in [2.45, 2.75) is 88.9 Å². The molecule has 0 spiro atoms. The van der Waals surface area contributed by atoms with E-state index in [1.54, 1.807) is 20.8 Å². The first-order chi connectivity index (χ1) is 20.2. The lowest BCUT2D eigenvalue weighted by molar-refractivity contribution is 0.0565. The Balaban J connectivity index is 1.75. The summed E-state index contributed by atoms with van der Waals surface area (Å²) in [6.45, 7) is 12.3. The fourth-order valence-electron chi connectivity index (χ4n) is 5.69. The number of amides is 1. The molecule has 0 saturated heterocycles. The van der Waals surface area contributed by atoms with Gasteiger partial charge in [0.15, 0.2) is 0 Å². The highest BCUT2D eigenvalue weighted by Crippen LogP contribution is 2.51. The van der Waals surface area contributed by atoms with Gasteiger partial charge in [0.25, 0.3) is 8.32 Å². The van der Waals surface area contributed by atoms with Crippen LogP contribution in [0.5, 0.6) is 0 Å². The van der Waals surface area contributed by atoms with Crippen molar-refractivity contribution in [2.75, 3.05) is 6.61 Å². The quantitative estimate of drug-likeness (QED) is 0.199. The Morgan fingerprint density at radius 2 is 1.33 bits per heavy atom. The second-order valence-corrected chi connectivity index (χ2v) is 19.5. The molecule has 1 fully saturated rings. The first-order valence-electron chi connectivity index (χ1n) is 14.9. The number of ether oxygens (including phenoxy) is 2. The summed E-state index contributed by atoms with van der Waals surface area (Å²) < 4.78 is 47.7. The third kappa shape index (κ3) is 7.57. The minimum Gasteiger partial charge on any atom is -0.443 e. The van der Waals surface area contributed by atoms with E-state index in [-0.39, 0.29) is 5.04 Å². The first-order valence-corrected chi connectivity index (χ1v) is 18.3. The molecule has 0 aliphatic heterocycles. The summed E-state index contributed by atoms with van der Waals surface area (Å²) in [4.78, 5) is 12.7. The second kappa shape index (κ2) is 12.9. The Kier molecular flexibility index (Phi) is 9.91. The van der Waals surface area contributed by atoms with Gasteiger partial charge < -0.3 is 13.9 Å². The normalized spacial score (nSPS) is 15.9. The summed E-state index contributed by atoms with van der Waals surface area (Å²) in [5.41, 5.74) is 0.194. The van der Waals surface area contributed by atoms with Gasteiger partial charge in [-0.25, -0.2) is 17.9 Å². The van der Waals surface area contributed by atoms with E-state index in [2.05, 4.69) is 49.8 Å². The Bertz CT molecular complexity index is 1410. The van der Waals surface area contributed by atoms with Gasteiger partial charge in [-0.15, -0.1) is 0 Å². The van der Waals surface area contributed by atoms with Gasteiger partial charge in [0.2, 0.25) is 10.0 Å². The molecular formula is C34H45NO6SSi.